The molecule has 0 radical (unpaired) electrons. The summed E-state index contributed by atoms with van der Waals surface area (Å²) >= 11 is 6.21. The Morgan fingerprint density at radius 3 is 2.70 bits per heavy atom. The maximum Gasteiger partial charge on any atom is 0.240 e. The predicted molar refractivity (Wildman–Crippen MR) is 78.1 cm³/mol. The first-order chi connectivity index (χ1) is 9.09. The summed E-state index contributed by atoms with van der Waals surface area (Å²) < 4.78 is 5.47. The number of carbonyl (C=O) groups is 1. The Hall–Kier alpha value is -0.0700. The van der Waals surface area contributed by atoms with E-state index >= 15 is 0 Å². The van der Waals surface area contributed by atoms with Crippen LogP contribution in [-0.4, -0.2) is 58.7 Å². The van der Waals surface area contributed by atoms with E-state index in [9.17, 15) is 9.90 Å². The molecule has 3 rings (SSSR count). The first-order valence-corrected chi connectivity index (χ1v) is 7.53. The molecule has 116 valence electrons. The lowest BCUT2D eigenvalue weighted by Crippen LogP contribution is -2.52. The van der Waals surface area contributed by atoms with Gasteiger partial charge in [-0.15, -0.1) is 24.0 Å². The highest BCUT2D eigenvalue weighted by atomic mass is 35.5. The van der Waals surface area contributed by atoms with Crippen LogP contribution >= 0.6 is 24.0 Å². The highest BCUT2D eigenvalue weighted by Gasteiger charge is 2.52. The molecule has 7 heteroatoms. The van der Waals surface area contributed by atoms with Crippen LogP contribution in [-0.2, 0) is 9.53 Å². The van der Waals surface area contributed by atoms with Crippen LogP contribution in [0.3, 0.4) is 0 Å². The third kappa shape index (κ3) is 2.66. The van der Waals surface area contributed by atoms with Gasteiger partial charge < -0.3 is 20.5 Å². The van der Waals surface area contributed by atoms with Gasteiger partial charge in [-0.1, -0.05) is 12.8 Å². The van der Waals surface area contributed by atoms with Gasteiger partial charge >= 0.3 is 0 Å². The molecule has 0 spiro atoms. The Bertz CT molecular complexity index is 366. The number of nitrogens with zero attached hydrogens (tertiary/aromatic N) is 1. The molecular weight excluding hydrogens is 303 g/mol. The molecule has 3 aliphatic rings. The Labute approximate surface area is 130 Å². The summed E-state index contributed by atoms with van der Waals surface area (Å²) in [5.74, 6) is 0.203. The number of rotatable bonds is 2. The number of aliphatic hydroxyl groups is 1. The molecule has 3 N–H and O–H groups in total. The Kier molecular flexibility index (Phi) is 5.19. The number of fused-ring (bicyclic) bond motifs is 1. The summed E-state index contributed by atoms with van der Waals surface area (Å²) in [5.41, 5.74) is 6.12. The molecule has 0 aromatic rings. The normalized spacial score (nSPS) is 38.6. The zero-order valence-corrected chi connectivity index (χ0v) is 12.9. The van der Waals surface area contributed by atoms with Crippen molar-refractivity contribution >= 4 is 29.9 Å². The molecule has 5 nitrogen and oxygen atoms in total. The quantitative estimate of drug-likeness (QED) is 0.725. The van der Waals surface area contributed by atoms with E-state index in [0.717, 1.165) is 25.7 Å². The zero-order valence-electron chi connectivity index (χ0n) is 11.3. The van der Waals surface area contributed by atoms with Crippen molar-refractivity contribution in [3.8, 4) is 0 Å². The van der Waals surface area contributed by atoms with Gasteiger partial charge in [-0.3, -0.25) is 4.79 Å². The summed E-state index contributed by atoms with van der Waals surface area (Å²) in [4.78, 5) is 14.2. The lowest BCUT2D eigenvalue weighted by molar-refractivity contribution is -0.136. The van der Waals surface area contributed by atoms with Gasteiger partial charge in [-0.05, 0) is 18.8 Å². The number of ether oxygens (including phenoxy) is 1. The minimum Gasteiger partial charge on any atom is -0.388 e. The second kappa shape index (κ2) is 6.36. The lowest BCUT2D eigenvalue weighted by Gasteiger charge is -2.29. The van der Waals surface area contributed by atoms with Gasteiger partial charge in [0.15, 0.2) is 0 Å². The molecule has 1 amide bonds. The molecule has 2 saturated heterocycles. The summed E-state index contributed by atoms with van der Waals surface area (Å²) in [6, 6.07) is -0.777. The standard InChI is InChI=1S/C13H21ClN2O3.ClH/c14-8-5-16(11-9(17)6-19-12(8)11)13(18)10(15)7-3-1-2-4-7;/h7-12,17H,1-6,15H2;1H/t8-,9-,10?,11+,12+;/m0./s1. The van der Waals surface area contributed by atoms with Gasteiger partial charge in [0.2, 0.25) is 5.91 Å². The number of halogens is 2. The number of hydrogen-bond acceptors (Lipinski definition) is 4. The fourth-order valence-electron chi connectivity index (χ4n) is 3.69. The van der Waals surface area contributed by atoms with Crippen LogP contribution in [0.5, 0.6) is 0 Å². The van der Waals surface area contributed by atoms with E-state index in [1.165, 1.54) is 0 Å². The van der Waals surface area contributed by atoms with E-state index in [2.05, 4.69) is 0 Å². The monoisotopic (exact) mass is 324 g/mol. The van der Waals surface area contributed by atoms with Crippen LogP contribution in [0.2, 0.25) is 0 Å². The van der Waals surface area contributed by atoms with Crippen LogP contribution in [0, 0.1) is 5.92 Å². The van der Waals surface area contributed by atoms with Gasteiger partial charge in [0, 0.05) is 6.54 Å². The molecule has 0 aromatic heterocycles. The van der Waals surface area contributed by atoms with Gasteiger partial charge in [0.05, 0.1) is 30.2 Å². The molecule has 0 bridgehead atoms. The van der Waals surface area contributed by atoms with Crippen LogP contribution in [0.25, 0.3) is 0 Å². The van der Waals surface area contributed by atoms with E-state index in [4.69, 9.17) is 22.1 Å². The Morgan fingerprint density at radius 1 is 1.40 bits per heavy atom. The molecule has 1 aliphatic carbocycles. The molecule has 1 unspecified atom stereocenters. The number of nitrogens with two attached hydrogens (primary N) is 1. The molecule has 1 saturated carbocycles. The molecule has 3 fully saturated rings. The molecule has 2 heterocycles. The minimum absolute atomic E-state index is 0. The van der Waals surface area contributed by atoms with Crippen molar-refractivity contribution in [1.29, 1.82) is 0 Å². The molecule has 5 atom stereocenters. The second-order valence-corrected chi connectivity index (χ2v) is 6.49. The predicted octanol–water partition coefficient (Wildman–Crippen LogP) is 0.504. The summed E-state index contributed by atoms with van der Waals surface area (Å²) in [7, 11) is 0. The lowest BCUT2D eigenvalue weighted by atomic mass is 9.97. The summed E-state index contributed by atoms with van der Waals surface area (Å²) in [6.07, 6.45) is 3.46. The Balaban J connectivity index is 0.00000147. The number of amides is 1. The van der Waals surface area contributed by atoms with Gasteiger partial charge in [-0.2, -0.15) is 0 Å². The average Bonchev–Trinajstić information content (AvgIpc) is 3.08. The van der Waals surface area contributed by atoms with Crippen LogP contribution in [0.15, 0.2) is 0 Å². The number of hydrogen-bond donors (Lipinski definition) is 2. The average molecular weight is 325 g/mol. The fourth-order valence-corrected chi connectivity index (χ4v) is 4.06. The minimum atomic E-state index is -0.645. The molecule has 20 heavy (non-hydrogen) atoms. The van der Waals surface area contributed by atoms with Crippen molar-refractivity contribution in [3.63, 3.8) is 0 Å². The topological polar surface area (TPSA) is 75.8 Å². The van der Waals surface area contributed by atoms with Crippen molar-refractivity contribution in [2.45, 2.75) is 55.4 Å². The van der Waals surface area contributed by atoms with Crippen molar-refractivity contribution in [2.75, 3.05) is 13.2 Å². The van der Waals surface area contributed by atoms with Crippen molar-refractivity contribution in [3.05, 3.63) is 0 Å². The summed E-state index contributed by atoms with van der Waals surface area (Å²) in [5, 5.41) is 9.72. The first kappa shape index (κ1) is 16.3. The zero-order chi connectivity index (χ0) is 13.6. The number of carbonyl (C=O) groups excluding carboxylic acids is 1. The highest BCUT2D eigenvalue weighted by Crippen LogP contribution is 2.35. The largest absolute Gasteiger partial charge is 0.388 e. The van der Waals surface area contributed by atoms with Gasteiger partial charge in [0.25, 0.3) is 0 Å². The van der Waals surface area contributed by atoms with Crippen molar-refractivity contribution < 1.29 is 14.6 Å². The highest BCUT2D eigenvalue weighted by molar-refractivity contribution is 6.21. The summed E-state index contributed by atoms with van der Waals surface area (Å²) in [6.45, 7) is 0.675. The van der Waals surface area contributed by atoms with Crippen LogP contribution < -0.4 is 5.73 Å². The molecule has 0 aromatic carbocycles. The van der Waals surface area contributed by atoms with E-state index < -0.39 is 12.1 Å². The van der Waals surface area contributed by atoms with E-state index in [1.54, 1.807) is 4.90 Å². The number of likely N-dealkylation sites (tertiary alicyclic amines) is 1. The third-order valence-corrected chi connectivity index (χ3v) is 5.14. The van der Waals surface area contributed by atoms with Crippen molar-refractivity contribution in [1.82, 2.24) is 4.90 Å². The fraction of sp³-hybridized carbons (Fsp3) is 0.923. The van der Waals surface area contributed by atoms with E-state index in [-0.39, 0.29) is 48.4 Å². The smallest absolute Gasteiger partial charge is 0.240 e. The SMILES string of the molecule is Cl.NC(C(=O)N1C[C@H](Cl)[C@H]2OC[C@H](O)[C@H]21)C1CCCC1. The van der Waals surface area contributed by atoms with Crippen LogP contribution in [0.1, 0.15) is 25.7 Å². The van der Waals surface area contributed by atoms with Gasteiger partial charge in [0.1, 0.15) is 6.10 Å². The first-order valence-electron chi connectivity index (χ1n) is 7.09. The third-order valence-electron chi connectivity index (χ3n) is 4.75. The van der Waals surface area contributed by atoms with E-state index in [1.807, 2.05) is 0 Å². The number of alkyl halides is 1. The van der Waals surface area contributed by atoms with Gasteiger partial charge in [-0.25, -0.2) is 0 Å². The van der Waals surface area contributed by atoms with Crippen molar-refractivity contribution in [2.24, 2.45) is 11.7 Å². The molecular formula is C13H22Cl2N2O3. The number of aliphatic hydroxyl groups excluding tert-OH is 1. The molecule has 2 aliphatic heterocycles. The maximum atomic E-state index is 12.5. The second-order valence-electron chi connectivity index (χ2n) is 5.93. The maximum absolute atomic E-state index is 12.5. The van der Waals surface area contributed by atoms with E-state index in [0.29, 0.717) is 6.54 Å². The van der Waals surface area contributed by atoms with Crippen LogP contribution in [0.4, 0.5) is 0 Å². The Morgan fingerprint density at radius 2 is 2.05 bits per heavy atom.